The van der Waals surface area contributed by atoms with Crippen LogP contribution < -0.4 is 11.1 Å². The van der Waals surface area contributed by atoms with Crippen LogP contribution in [0.2, 0.25) is 0 Å². The smallest absolute Gasteiger partial charge is 0.340 e. The molecule has 0 aliphatic rings. The van der Waals surface area contributed by atoms with Gasteiger partial charge in [-0.05, 0) is 6.92 Å². The van der Waals surface area contributed by atoms with Crippen LogP contribution in [-0.4, -0.2) is 38.7 Å². The van der Waals surface area contributed by atoms with Gasteiger partial charge in [-0.2, -0.15) is 0 Å². The number of carbonyl (C=O) groups is 3. The van der Waals surface area contributed by atoms with Crippen molar-refractivity contribution >= 4 is 29.7 Å². The first-order chi connectivity index (χ1) is 9.35. The van der Waals surface area contributed by atoms with Crippen LogP contribution >= 0.6 is 11.8 Å². The molecule has 0 fully saturated rings. The summed E-state index contributed by atoms with van der Waals surface area (Å²) in [5, 5.41) is 11.2. The summed E-state index contributed by atoms with van der Waals surface area (Å²) in [6.07, 6.45) is 0.543. The molecule has 0 bridgehead atoms. The number of hydrogen-bond acceptors (Lipinski definition) is 6. The van der Waals surface area contributed by atoms with Gasteiger partial charge in [0.15, 0.2) is 0 Å². The van der Waals surface area contributed by atoms with Crippen LogP contribution in [0.4, 0.5) is 4.79 Å². The molecule has 8 nitrogen and oxygen atoms in total. The van der Waals surface area contributed by atoms with Gasteiger partial charge in [0.2, 0.25) is 5.91 Å². The highest BCUT2D eigenvalue weighted by atomic mass is 32.2. The van der Waals surface area contributed by atoms with Crippen molar-refractivity contribution in [2.75, 3.05) is 5.75 Å². The third-order valence-corrected chi connectivity index (χ3v) is 3.21. The summed E-state index contributed by atoms with van der Waals surface area (Å²) in [6.45, 7) is 3.40. The van der Waals surface area contributed by atoms with E-state index in [1.165, 1.54) is 0 Å². The second kappa shape index (κ2) is 6.85. The zero-order valence-corrected chi connectivity index (χ0v) is 11.8. The van der Waals surface area contributed by atoms with Gasteiger partial charge < -0.3 is 10.8 Å². The van der Waals surface area contributed by atoms with Crippen molar-refractivity contribution in [2.45, 2.75) is 25.3 Å². The van der Waals surface area contributed by atoms with E-state index >= 15 is 0 Å². The van der Waals surface area contributed by atoms with Crippen molar-refractivity contribution in [1.29, 1.82) is 0 Å². The molecule has 1 aromatic heterocycles. The van der Waals surface area contributed by atoms with E-state index < -0.39 is 17.9 Å². The van der Waals surface area contributed by atoms with E-state index in [-0.39, 0.29) is 16.3 Å². The average Bonchev–Trinajstić information content (AvgIpc) is 2.34. The highest BCUT2D eigenvalue weighted by molar-refractivity contribution is 8.00. The summed E-state index contributed by atoms with van der Waals surface area (Å²) in [7, 11) is 0. The number of amides is 3. The predicted octanol–water partition coefficient (Wildman–Crippen LogP) is 0.333. The Morgan fingerprint density at radius 3 is 2.50 bits per heavy atom. The summed E-state index contributed by atoms with van der Waals surface area (Å²) in [5.74, 6) is -1.45. The molecule has 0 aliphatic carbocycles. The molecule has 0 aliphatic heterocycles. The molecule has 0 saturated heterocycles. The maximum absolute atomic E-state index is 11.3. The van der Waals surface area contributed by atoms with Crippen LogP contribution in [-0.2, 0) is 11.2 Å². The minimum Gasteiger partial charge on any atom is -0.478 e. The van der Waals surface area contributed by atoms with Crippen LogP contribution in [0.25, 0.3) is 0 Å². The fraction of sp³-hybridized carbons (Fsp3) is 0.364. The molecular formula is C11H14N4O4S. The molecule has 9 heteroatoms. The Morgan fingerprint density at radius 2 is 2.00 bits per heavy atom. The Kier molecular flexibility index (Phi) is 5.44. The number of primary amides is 1. The van der Waals surface area contributed by atoms with Crippen LogP contribution in [0.3, 0.4) is 0 Å². The zero-order chi connectivity index (χ0) is 15.3. The first kappa shape index (κ1) is 15.9. The topological polar surface area (TPSA) is 135 Å². The van der Waals surface area contributed by atoms with Crippen molar-refractivity contribution in [3.05, 3.63) is 17.1 Å². The van der Waals surface area contributed by atoms with Gasteiger partial charge in [-0.25, -0.2) is 19.6 Å². The van der Waals surface area contributed by atoms with Gasteiger partial charge in [-0.3, -0.25) is 10.1 Å². The third-order valence-electron chi connectivity index (χ3n) is 2.24. The second-order valence-corrected chi connectivity index (χ2v) is 4.73. The fourth-order valence-corrected chi connectivity index (χ4v) is 2.31. The number of aromatic nitrogens is 2. The molecular weight excluding hydrogens is 284 g/mol. The lowest BCUT2D eigenvalue weighted by atomic mass is 10.2. The number of nitrogens with two attached hydrogens (primary N) is 1. The Bertz CT molecular complexity index is 562. The number of hydrogen-bond donors (Lipinski definition) is 3. The van der Waals surface area contributed by atoms with Gasteiger partial charge in [0.1, 0.15) is 16.4 Å². The number of aromatic carboxylic acids is 1. The zero-order valence-electron chi connectivity index (χ0n) is 11.0. The van der Waals surface area contributed by atoms with E-state index in [0.717, 1.165) is 11.8 Å². The molecule has 0 radical (unpaired) electrons. The Morgan fingerprint density at radius 1 is 1.35 bits per heavy atom. The molecule has 0 unspecified atom stereocenters. The van der Waals surface area contributed by atoms with Crippen LogP contribution in [0.1, 0.15) is 28.8 Å². The molecule has 20 heavy (non-hydrogen) atoms. The van der Waals surface area contributed by atoms with Crippen molar-refractivity contribution in [1.82, 2.24) is 15.3 Å². The summed E-state index contributed by atoms with van der Waals surface area (Å²) >= 11 is 0.917. The standard InChI is InChI=1S/C11H14N4O4S/c1-3-6-13-5(2)8(10(17)18)9(14-6)20-4-7(16)15-11(12)19/h3-4H2,1-2H3,(H,17,18)(H3,12,15,16,19). The van der Waals surface area contributed by atoms with Crippen LogP contribution in [0.5, 0.6) is 0 Å². The van der Waals surface area contributed by atoms with E-state index in [0.29, 0.717) is 17.9 Å². The highest BCUT2D eigenvalue weighted by Crippen LogP contribution is 2.22. The first-order valence-corrected chi connectivity index (χ1v) is 6.66. The Labute approximate surface area is 119 Å². The van der Waals surface area contributed by atoms with Gasteiger partial charge in [0.25, 0.3) is 0 Å². The summed E-state index contributed by atoms with van der Waals surface area (Å²) in [6, 6.07) is -0.956. The van der Waals surface area contributed by atoms with Crippen molar-refractivity contribution in [3.63, 3.8) is 0 Å². The molecule has 1 heterocycles. The largest absolute Gasteiger partial charge is 0.478 e. The lowest BCUT2D eigenvalue weighted by molar-refractivity contribution is -0.117. The predicted molar refractivity (Wildman–Crippen MR) is 71.6 cm³/mol. The Balaban J connectivity index is 2.97. The normalized spacial score (nSPS) is 10.1. The number of imide groups is 1. The van der Waals surface area contributed by atoms with E-state index in [2.05, 4.69) is 9.97 Å². The van der Waals surface area contributed by atoms with Gasteiger partial charge >= 0.3 is 12.0 Å². The molecule has 0 atom stereocenters. The second-order valence-electron chi connectivity index (χ2n) is 3.77. The van der Waals surface area contributed by atoms with Crippen LogP contribution in [0, 0.1) is 6.92 Å². The third kappa shape index (κ3) is 4.19. The lowest BCUT2D eigenvalue weighted by Gasteiger charge is -2.09. The number of carboxylic acids is 1. The van der Waals surface area contributed by atoms with E-state index in [9.17, 15) is 14.4 Å². The van der Waals surface area contributed by atoms with E-state index in [1.807, 2.05) is 12.2 Å². The molecule has 0 saturated carbocycles. The number of carbonyl (C=O) groups excluding carboxylic acids is 2. The van der Waals surface area contributed by atoms with Gasteiger partial charge in [0, 0.05) is 6.42 Å². The summed E-state index contributed by atoms with van der Waals surface area (Å²) in [5.41, 5.74) is 5.10. The summed E-state index contributed by atoms with van der Waals surface area (Å²) in [4.78, 5) is 41.2. The van der Waals surface area contributed by atoms with E-state index in [4.69, 9.17) is 10.8 Å². The number of nitrogens with one attached hydrogen (secondary N) is 1. The maximum Gasteiger partial charge on any atom is 0.340 e. The molecule has 0 spiro atoms. The minimum absolute atomic E-state index is 0.0425. The molecule has 3 amide bonds. The van der Waals surface area contributed by atoms with E-state index in [1.54, 1.807) is 6.92 Å². The SMILES string of the molecule is CCc1nc(C)c(C(=O)O)c(SCC(=O)NC(N)=O)n1. The van der Waals surface area contributed by atoms with Crippen molar-refractivity contribution in [2.24, 2.45) is 5.73 Å². The molecule has 4 N–H and O–H groups in total. The van der Waals surface area contributed by atoms with Gasteiger partial charge in [-0.15, -0.1) is 0 Å². The van der Waals surface area contributed by atoms with Gasteiger partial charge in [0.05, 0.1) is 11.4 Å². The number of carboxylic acid groups (broad SMARTS) is 1. The van der Waals surface area contributed by atoms with Gasteiger partial charge in [-0.1, -0.05) is 18.7 Å². The minimum atomic E-state index is -1.16. The maximum atomic E-state index is 11.3. The summed E-state index contributed by atoms with van der Waals surface area (Å²) < 4.78 is 0. The lowest BCUT2D eigenvalue weighted by Crippen LogP contribution is -2.36. The average molecular weight is 298 g/mol. The Hall–Kier alpha value is -2.16. The number of urea groups is 1. The fourth-order valence-electron chi connectivity index (χ4n) is 1.42. The quantitative estimate of drug-likeness (QED) is 0.526. The van der Waals surface area contributed by atoms with Crippen molar-refractivity contribution in [3.8, 4) is 0 Å². The molecule has 1 aromatic rings. The monoisotopic (exact) mass is 298 g/mol. The number of aryl methyl sites for hydroxylation is 2. The highest BCUT2D eigenvalue weighted by Gasteiger charge is 2.19. The molecule has 108 valence electrons. The van der Waals surface area contributed by atoms with Crippen LogP contribution in [0.15, 0.2) is 5.03 Å². The number of rotatable bonds is 5. The number of thioether (sulfide) groups is 1. The molecule has 0 aromatic carbocycles. The number of nitrogens with zero attached hydrogens (tertiary/aromatic N) is 2. The molecule has 1 rings (SSSR count). The first-order valence-electron chi connectivity index (χ1n) is 5.68. The van der Waals surface area contributed by atoms with Crippen molar-refractivity contribution < 1.29 is 19.5 Å².